The molecule has 1 N–H and O–H groups in total. The average Bonchev–Trinajstić information content (AvgIpc) is 2.14. The lowest BCUT2D eigenvalue weighted by atomic mass is 9.77. The van der Waals surface area contributed by atoms with Crippen molar-refractivity contribution in [1.29, 1.82) is 0 Å². The van der Waals surface area contributed by atoms with Crippen LogP contribution in [0.3, 0.4) is 0 Å². The number of rotatable bonds is 4. The molecular formula is C14H22O. The Balaban J connectivity index is 3.03. The summed E-state index contributed by atoms with van der Waals surface area (Å²) in [6.07, 6.45) is 3.54. The molecule has 1 aromatic rings. The second-order valence-electron chi connectivity index (χ2n) is 4.96. The Labute approximate surface area is 93.1 Å². The monoisotopic (exact) mass is 206 g/mol. The number of phenols is 1. The van der Waals surface area contributed by atoms with Gasteiger partial charge in [0, 0.05) is 5.56 Å². The van der Waals surface area contributed by atoms with Crippen LogP contribution in [0.2, 0.25) is 0 Å². The third-order valence-electron chi connectivity index (χ3n) is 3.08. The third-order valence-corrected chi connectivity index (χ3v) is 3.08. The summed E-state index contributed by atoms with van der Waals surface area (Å²) >= 11 is 0. The van der Waals surface area contributed by atoms with Crippen molar-refractivity contribution >= 4 is 0 Å². The number of hydrogen-bond acceptors (Lipinski definition) is 1. The fraction of sp³-hybridized carbons (Fsp3) is 0.571. The van der Waals surface area contributed by atoms with Crippen LogP contribution in [0.5, 0.6) is 5.75 Å². The smallest absolute Gasteiger partial charge is 0.119 e. The Kier molecular flexibility index (Phi) is 3.78. The molecule has 0 bridgehead atoms. The van der Waals surface area contributed by atoms with E-state index in [4.69, 9.17) is 0 Å². The number of benzene rings is 1. The molecule has 0 spiro atoms. The molecular weight excluding hydrogens is 184 g/mol. The zero-order valence-electron chi connectivity index (χ0n) is 10.3. The fourth-order valence-electron chi connectivity index (χ4n) is 2.28. The molecule has 0 atom stereocenters. The van der Waals surface area contributed by atoms with E-state index in [1.165, 1.54) is 18.4 Å². The maximum absolute atomic E-state index is 9.93. The SMILES string of the molecule is CCCCC(C)(C)c1c(C)cccc1O. The molecule has 0 aliphatic heterocycles. The van der Waals surface area contributed by atoms with Crippen molar-refractivity contribution in [2.45, 2.75) is 52.4 Å². The van der Waals surface area contributed by atoms with Crippen LogP contribution in [0.1, 0.15) is 51.2 Å². The van der Waals surface area contributed by atoms with Crippen molar-refractivity contribution in [3.05, 3.63) is 29.3 Å². The molecule has 0 aliphatic carbocycles. The predicted molar refractivity (Wildman–Crippen MR) is 65.4 cm³/mol. The van der Waals surface area contributed by atoms with Crippen molar-refractivity contribution in [1.82, 2.24) is 0 Å². The van der Waals surface area contributed by atoms with Gasteiger partial charge in [-0.3, -0.25) is 0 Å². The Hall–Kier alpha value is -0.980. The third kappa shape index (κ3) is 2.74. The maximum atomic E-state index is 9.93. The van der Waals surface area contributed by atoms with Crippen LogP contribution in [0, 0.1) is 6.92 Å². The molecule has 0 aromatic heterocycles. The highest BCUT2D eigenvalue weighted by molar-refractivity contribution is 5.43. The molecule has 0 saturated carbocycles. The van der Waals surface area contributed by atoms with Gasteiger partial charge in [-0.1, -0.05) is 45.7 Å². The molecule has 0 heterocycles. The predicted octanol–water partition coefficient (Wildman–Crippen LogP) is 4.17. The summed E-state index contributed by atoms with van der Waals surface area (Å²) in [6, 6.07) is 5.77. The first-order valence-electron chi connectivity index (χ1n) is 5.78. The van der Waals surface area contributed by atoms with Gasteiger partial charge in [-0.25, -0.2) is 0 Å². The molecule has 0 aliphatic rings. The van der Waals surface area contributed by atoms with Gasteiger partial charge >= 0.3 is 0 Å². The first-order valence-corrected chi connectivity index (χ1v) is 5.78. The van der Waals surface area contributed by atoms with Crippen LogP contribution in [0.15, 0.2) is 18.2 Å². The van der Waals surface area contributed by atoms with Gasteiger partial charge in [0.25, 0.3) is 0 Å². The van der Waals surface area contributed by atoms with Gasteiger partial charge in [0.05, 0.1) is 0 Å². The van der Waals surface area contributed by atoms with Crippen LogP contribution >= 0.6 is 0 Å². The quantitative estimate of drug-likeness (QED) is 0.784. The molecule has 1 rings (SSSR count). The van der Waals surface area contributed by atoms with E-state index in [-0.39, 0.29) is 5.41 Å². The molecule has 0 fully saturated rings. The molecule has 0 amide bonds. The summed E-state index contributed by atoms with van der Waals surface area (Å²) < 4.78 is 0. The van der Waals surface area contributed by atoms with E-state index in [2.05, 4.69) is 33.8 Å². The number of aryl methyl sites for hydroxylation is 1. The highest BCUT2D eigenvalue weighted by atomic mass is 16.3. The topological polar surface area (TPSA) is 20.2 Å². The molecule has 1 nitrogen and oxygen atoms in total. The van der Waals surface area contributed by atoms with Gasteiger partial charge < -0.3 is 5.11 Å². The summed E-state index contributed by atoms with van der Waals surface area (Å²) in [6.45, 7) is 8.70. The summed E-state index contributed by atoms with van der Waals surface area (Å²) in [7, 11) is 0. The minimum absolute atomic E-state index is 0.0748. The molecule has 0 radical (unpaired) electrons. The highest BCUT2D eigenvalue weighted by Gasteiger charge is 2.24. The largest absolute Gasteiger partial charge is 0.508 e. The van der Waals surface area contributed by atoms with E-state index in [9.17, 15) is 5.11 Å². The zero-order valence-corrected chi connectivity index (χ0v) is 10.3. The van der Waals surface area contributed by atoms with Gasteiger partial charge in [-0.15, -0.1) is 0 Å². The normalized spacial score (nSPS) is 11.7. The molecule has 0 saturated heterocycles. The van der Waals surface area contributed by atoms with E-state index in [0.29, 0.717) is 5.75 Å². The second kappa shape index (κ2) is 4.69. The number of phenolic OH excluding ortho intramolecular Hbond substituents is 1. The summed E-state index contributed by atoms with van der Waals surface area (Å²) in [4.78, 5) is 0. The molecule has 1 heteroatoms. The van der Waals surface area contributed by atoms with Crippen LogP contribution in [0.25, 0.3) is 0 Å². The Morgan fingerprint density at radius 1 is 1.27 bits per heavy atom. The standard InChI is InChI=1S/C14H22O/c1-5-6-10-14(3,4)13-11(2)8-7-9-12(13)15/h7-9,15H,5-6,10H2,1-4H3. The zero-order chi connectivity index (χ0) is 11.5. The van der Waals surface area contributed by atoms with Crippen molar-refractivity contribution in [2.75, 3.05) is 0 Å². The Morgan fingerprint density at radius 3 is 2.47 bits per heavy atom. The van der Waals surface area contributed by atoms with E-state index in [1.807, 2.05) is 6.07 Å². The van der Waals surface area contributed by atoms with Crippen molar-refractivity contribution < 1.29 is 5.11 Å². The lowest BCUT2D eigenvalue weighted by Crippen LogP contribution is -2.18. The number of unbranched alkanes of at least 4 members (excludes halogenated alkanes) is 1. The minimum atomic E-state index is 0.0748. The van der Waals surface area contributed by atoms with Gasteiger partial charge in [-0.2, -0.15) is 0 Å². The van der Waals surface area contributed by atoms with Crippen LogP contribution < -0.4 is 0 Å². The van der Waals surface area contributed by atoms with Crippen LogP contribution in [-0.4, -0.2) is 5.11 Å². The molecule has 0 unspecified atom stereocenters. The average molecular weight is 206 g/mol. The lowest BCUT2D eigenvalue weighted by Gasteiger charge is -2.27. The van der Waals surface area contributed by atoms with Gasteiger partial charge in [0.1, 0.15) is 5.75 Å². The van der Waals surface area contributed by atoms with Gasteiger partial charge in [-0.05, 0) is 30.4 Å². The number of aromatic hydroxyl groups is 1. The first-order chi connectivity index (χ1) is 6.99. The van der Waals surface area contributed by atoms with E-state index >= 15 is 0 Å². The summed E-state index contributed by atoms with van der Waals surface area (Å²) in [5.74, 6) is 0.441. The van der Waals surface area contributed by atoms with Gasteiger partial charge in [0.2, 0.25) is 0 Å². The van der Waals surface area contributed by atoms with Crippen LogP contribution in [-0.2, 0) is 5.41 Å². The second-order valence-corrected chi connectivity index (χ2v) is 4.96. The molecule has 1 aromatic carbocycles. The van der Waals surface area contributed by atoms with E-state index in [0.717, 1.165) is 12.0 Å². The molecule has 84 valence electrons. The Bertz CT molecular complexity index is 306. The van der Waals surface area contributed by atoms with Crippen molar-refractivity contribution in [3.8, 4) is 5.75 Å². The minimum Gasteiger partial charge on any atom is -0.508 e. The van der Waals surface area contributed by atoms with Crippen molar-refractivity contribution in [3.63, 3.8) is 0 Å². The Morgan fingerprint density at radius 2 is 1.93 bits per heavy atom. The molecule has 15 heavy (non-hydrogen) atoms. The van der Waals surface area contributed by atoms with E-state index < -0.39 is 0 Å². The van der Waals surface area contributed by atoms with Crippen molar-refractivity contribution in [2.24, 2.45) is 0 Å². The number of hydrogen-bond donors (Lipinski definition) is 1. The fourth-order valence-corrected chi connectivity index (χ4v) is 2.28. The maximum Gasteiger partial charge on any atom is 0.119 e. The van der Waals surface area contributed by atoms with Gasteiger partial charge in [0.15, 0.2) is 0 Å². The first kappa shape index (κ1) is 12.1. The lowest BCUT2D eigenvalue weighted by molar-refractivity contribution is 0.409. The highest BCUT2D eigenvalue weighted by Crippen LogP contribution is 2.37. The van der Waals surface area contributed by atoms with Crippen LogP contribution in [0.4, 0.5) is 0 Å². The summed E-state index contributed by atoms with van der Waals surface area (Å²) in [5.41, 5.74) is 2.38. The van der Waals surface area contributed by atoms with E-state index in [1.54, 1.807) is 6.07 Å². The summed E-state index contributed by atoms with van der Waals surface area (Å²) in [5, 5.41) is 9.93.